The van der Waals surface area contributed by atoms with Crippen LogP contribution < -0.4 is 10.1 Å². The Morgan fingerprint density at radius 2 is 2.05 bits per heavy atom. The predicted molar refractivity (Wildman–Crippen MR) is 69.8 cm³/mol. The maximum Gasteiger partial charge on any atom is 0.342 e. The fourth-order valence-electron chi connectivity index (χ4n) is 1.36. The van der Waals surface area contributed by atoms with Crippen LogP contribution in [0.5, 0.6) is 11.5 Å². The van der Waals surface area contributed by atoms with Crippen LogP contribution in [0.3, 0.4) is 0 Å². The summed E-state index contributed by atoms with van der Waals surface area (Å²) in [6.45, 7) is 0.271. The van der Waals surface area contributed by atoms with Crippen molar-refractivity contribution in [3.63, 3.8) is 0 Å². The average molecular weight is 283 g/mol. The first-order chi connectivity index (χ1) is 9.58. The molecule has 0 saturated heterocycles. The van der Waals surface area contributed by atoms with E-state index in [1.807, 2.05) is 0 Å². The van der Waals surface area contributed by atoms with Gasteiger partial charge in [-0.3, -0.25) is 4.79 Å². The van der Waals surface area contributed by atoms with Crippen LogP contribution in [0, 0.1) is 0 Å². The molecule has 7 nitrogen and oxygen atoms in total. The molecule has 20 heavy (non-hydrogen) atoms. The van der Waals surface area contributed by atoms with Gasteiger partial charge in [-0.15, -0.1) is 0 Å². The van der Waals surface area contributed by atoms with Gasteiger partial charge in [-0.1, -0.05) is 0 Å². The van der Waals surface area contributed by atoms with E-state index in [9.17, 15) is 14.7 Å². The number of carbonyl (C=O) groups excluding carboxylic acids is 2. The molecule has 0 atom stereocenters. The number of aromatic hydroxyl groups is 1. The van der Waals surface area contributed by atoms with E-state index in [4.69, 9.17) is 14.2 Å². The first kappa shape index (κ1) is 15.8. The van der Waals surface area contributed by atoms with Crippen molar-refractivity contribution in [3.05, 3.63) is 23.8 Å². The van der Waals surface area contributed by atoms with E-state index in [0.717, 1.165) is 0 Å². The molecule has 0 spiro atoms. The summed E-state index contributed by atoms with van der Waals surface area (Å²) in [4.78, 5) is 23.1. The fourth-order valence-corrected chi connectivity index (χ4v) is 1.36. The Hall–Kier alpha value is -2.28. The number of hydrogen-bond donors (Lipinski definition) is 2. The van der Waals surface area contributed by atoms with Crippen molar-refractivity contribution in [1.29, 1.82) is 0 Å². The highest BCUT2D eigenvalue weighted by Crippen LogP contribution is 2.23. The zero-order valence-corrected chi connectivity index (χ0v) is 11.3. The third-order valence-electron chi connectivity index (χ3n) is 2.39. The maximum absolute atomic E-state index is 11.7. The Bertz CT molecular complexity index is 474. The maximum atomic E-state index is 11.7. The van der Waals surface area contributed by atoms with Gasteiger partial charge in [-0.05, 0) is 18.2 Å². The summed E-state index contributed by atoms with van der Waals surface area (Å²) in [5, 5.41) is 12.1. The van der Waals surface area contributed by atoms with Crippen LogP contribution in [0.1, 0.15) is 10.4 Å². The van der Waals surface area contributed by atoms with E-state index in [1.54, 1.807) is 0 Å². The summed E-state index contributed by atoms with van der Waals surface area (Å²) >= 11 is 0. The highest BCUT2D eigenvalue weighted by Gasteiger charge is 2.15. The predicted octanol–water partition coefficient (Wildman–Crippen LogP) is 0.320. The lowest BCUT2D eigenvalue weighted by molar-refractivity contribution is -0.124. The summed E-state index contributed by atoms with van der Waals surface area (Å²) in [6.07, 6.45) is 0. The van der Waals surface area contributed by atoms with Crippen LogP contribution in [0.4, 0.5) is 0 Å². The van der Waals surface area contributed by atoms with Gasteiger partial charge >= 0.3 is 5.97 Å². The number of ether oxygens (including phenoxy) is 3. The van der Waals surface area contributed by atoms with E-state index in [2.05, 4.69) is 5.32 Å². The molecule has 1 aromatic carbocycles. The molecule has 1 amide bonds. The van der Waals surface area contributed by atoms with Crippen LogP contribution in [0.2, 0.25) is 0 Å². The van der Waals surface area contributed by atoms with Gasteiger partial charge in [-0.25, -0.2) is 4.79 Å². The summed E-state index contributed by atoms with van der Waals surface area (Å²) in [7, 11) is 2.95. The second-order valence-electron chi connectivity index (χ2n) is 3.80. The quantitative estimate of drug-likeness (QED) is 0.553. The van der Waals surface area contributed by atoms with Gasteiger partial charge in [0.05, 0.1) is 13.7 Å². The van der Waals surface area contributed by atoms with Crippen molar-refractivity contribution < 1.29 is 28.9 Å². The third-order valence-corrected chi connectivity index (χ3v) is 2.39. The number of esters is 1. The van der Waals surface area contributed by atoms with Crippen LogP contribution in [-0.2, 0) is 14.3 Å². The minimum atomic E-state index is -0.803. The minimum absolute atomic E-state index is 0.0611. The molecular weight excluding hydrogens is 266 g/mol. The van der Waals surface area contributed by atoms with Crippen LogP contribution >= 0.6 is 0 Å². The van der Waals surface area contributed by atoms with Crippen molar-refractivity contribution in [3.8, 4) is 11.5 Å². The van der Waals surface area contributed by atoms with Crippen molar-refractivity contribution in [2.75, 3.05) is 34.0 Å². The van der Waals surface area contributed by atoms with Crippen molar-refractivity contribution in [1.82, 2.24) is 5.32 Å². The van der Waals surface area contributed by atoms with Crippen molar-refractivity contribution >= 4 is 11.9 Å². The highest BCUT2D eigenvalue weighted by atomic mass is 16.5. The molecule has 0 aliphatic carbocycles. The number of amides is 1. The van der Waals surface area contributed by atoms with E-state index >= 15 is 0 Å². The first-order valence-corrected chi connectivity index (χ1v) is 5.88. The number of methoxy groups -OCH3 is 2. The van der Waals surface area contributed by atoms with Crippen molar-refractivity contribution in [2.24, 2.45) is 0 Å². The van der Waals surface area contributed by atoms with E-state index in [-0.39, 0.29) is 11.3 Å². The van der Waals surface area contributed by atoms with Gasteiger partial charge in [0.25, 0.3) is 5.91 Å². The number of phenolic OH excluding ortho intramolecular Hbond substituents is 1. The molecular formula is C13H17NO6. The lowest BCUT2D eigenvalue weighted by atomic mass is 10.2. The molecule has 2 N–H and O–H groups in total. The molecule has 1 rings (SSSR count). The smallest absolute Gasteiger partial charge is 0.342 e. The Morgan fingerprint density at radius 3 is 2.70 bits per heavy atom. The molecule has 0 bridgehead atoms. The SMILES string of the molecule is COCCNC(=O)COC(=O)c1cc(OC)ccc1O. The molecule has 1 aromatic rings. The number of hydrogen-bond acceptors (Lipinski definition) is 6. The second kappa shape index (κ2) is 8.00. The summed E-state index contributed by atoms with van der Waals surface area (Å²) in [6, 6.07) is 4.15. The normalized spacial score (nSPS) is 9.90. The molecule has 0 fully saturated rings. The largest absolute Gasteiger partial charge is 0.507 e. The number of phenols is 1. The van der Waals surface area contributed by atoms with Gasteiger partial charge in [0, 0.05) is 13.7 Å². The zero-order valence-electron chi connectivity index (χ0n) is 11.3. The van der Waals surface area contributed by atoms with Gasteiger partial charge in [0.2, 0.25) is 0 Å². The Morgan fingerprint density at radius 1 is 1.30 bits per heavy atom. The monoisotopic (exact) mass is 283 g/mol. The molecule has 0 aliphatic heterocycles. The lowest BCUT2D eigenvalue weighted by Crippen LogP contribution is -2.31. The Labute approximate surface area is 116 Å². The number of rotatable bonds is 7. The molecule has 0 aliphatic rings. The number of nitrogens with one attached hydrogen (secondary N) is 1. The third kappa shape index (κ3) is 4.77. The van der Waals surface area contributed by atoms with Gasteiger partial charge in [0.1, 0.15) is 17.1 Å². The molecule has 0 unspecified atom stereocenters. The zero-order chi connectivity index (χ0) is 15.0. The van der Waals surface area contributed by atoms with Crippen LogP contribution in [0.25, 0.3) is 0 Å². The Kier molecular flexibility index (Phi) is 6.31. The first-order valence-electron chi connectivity index (χ1n) is 5.88. The summed E-state index contributed by atoms with van der Waals surface area (Å²) in [5.41, 5.74) is -0.0611. The van der Waals surface area contributed by atoms with E-state index < -0.39 is 18.5 Å². The highest BCUT2D eigenvalue weighted by molar-refractivity contribution is 5.94. The molecule has 110 valence electrons. The molecule has 0 aromatic heterocycles. The average Bonchev–Trinajstić information content (AvgIpc) is 2.45. The summed E-state index contributed by atoms with van der Waals surface area (Å²) < 4.78 is 14.5. The summed E-state index contributed by atoms with van der Waals surface area (Å²) in [5.74, 6) is -1.09. The Balaban J connectivity index is 2.52. The van der Waals surface area contributed by atoms with Crippen LogP contribution in [-0.4, -0.2) is 51.0 Å². The molecule has 0 radical (unpaired) electrons. The van der Waals surface area contributed by atoms with E-state index in [1.165, 1.54) is 32.4 Å². The number of benzene rings is 1. The fraction of sp³-hybridized carbons (Fsp3) is 0.385. The molecule has 0 saturated carbocycles. The second-order valence-corrected chi connectivity index (χ2v) is 3.80. The molecule has 7 heteroatoms. The molecule has 0 heterocycles. The van der Waals surface area contributed by atoms with Gasteiger partial charge in [0.15, 0.2) is 6.61 Å². The minimum Gasteiger partial charge on any atom is -0.507 e. The lowest BCUT2D eigenvalue weighted by Gasteiger charge is -2.08. The standard InChI is InChI=1S/C13H17NO6/c1-18-6-5-14-12(16)8-20-13(17)10-7-9(19-2)3-4-11(10)15/h3-4,7,15H,5-6,8H2,1-2H3,(H,14,16). The number of carbonyl (C=O) groups is 2. The van der Waals surface area contributed by atoms with Crippen LogP contribution in [0.15, 0.2) is 18.2 Å². The van der Waals surface area contributed by atoms with Gasteiger partial charge < -0.3 is 24.6 Å². The topological polar surface area (TPSA) is 94.1 Å². The van der Waals surface area contributed by atoms with E-state index in [0.29, 0.717) is 18.9 Å². The van der Waals surface area contributed by atoms with Crippen molar-refractivity contribution in [2.45, 2.75) is 0 Å². The van der Waals surface area contributed by atoms with Gasteiger partial charge in [-0.2, -0.15) is 0 Å².